The molecule has 2 aliphatic heterocycles. The van der Waals surface area contributed by atoms with Gasteiger partial charge >= 0.3 is 0 Å². The summed E-state index contributed by atoms with van der Waals surface area (Å²) in [6.07, 6.45) is 3.12. The monoisotopic (exact) mass is 1070 g/mol. The van der Waals surface area contributed by atoms with E-state index >= 15 is 0 Å². The fraction of sp³-hybridized carbons (Fsp3) is 0.414. The number of β-amino-alcohol motifs (C(OH)–C–C–N with tert-alkyl or cyclic N) is 1. The first-order valence-electron chi connectivity index (χ1n) is 25.8. The molecule has 8 rings (SSSR count). The highest BCUT2D eigenvalue weighted by Crippen LogP contribution is 2.40. The normalized spacial score (nSPS) is 16.6. The zero-order valence-corrected chi connectivity index (χ0v) is 46.0. The van der Waals surface area contributed by atoms with E-state index in [1.165, 1.54) is 9.78 Å². The van der Waals surface area contributed by atoms with E-state index < -0.39 is 41.5 Å². The molecule has 1 fully saturated rings. The van der Waals surface area contributed by atoms with Gasteiger partial charge in [-0.05, 0) is 92.5 Å². The highest BCUT2D eigenvalue weighted by atomic mass is 32.1. The highest BCUT2D eigenvalue weighted by Gasteiger charge is 2.44. The quantitative estimate of drug-likeness (QED) is 0.0517. The molecule has 1 saturated heterocycles. The van der Waals surface area contributed by atoms with Crippen LogP contribution in [0.15, 0.2) is 89.9 Å². The Labute approximate surface area is 452 Å². The second kappa shape index (κ2) is 25.0. The number of aromatic nitrogens is 4. The van der Waals surface area contributed by atoms with Crippen molar-refractivity contribution in [2.45, 2.75) is 111 Å². The number of carbonyl (C=O) groups excluding carboxylic acids is 4. The number of carbonyl (C=O) groups is 4. The molecule has 3 aromatic heterocycles. The maximum Gasteiger partial charge on any atom is 0.246 e. The molecule has 3 N–H and O–H groups in total. The standard InChI is InChI=1S/C58H68N8O8S2/c1-9-39-12-17-41(18-13-39)52-51-35(2)37(4)76-57(51)66-38(5)63-64-55(66)46(61-52)31-49(69)60-43-21-23-45(24-22-43)74-29-11-27-72-26-10-28-73-33-50(70)62-54(58(6,7)8)56(71)65-32-44(67)30-47(65)48(68)25-16-40-14-19-42(20-15-40)53-36(3)59-34-75-53/h9,12-15,17-24,34,44,46-47,54,67H,1,10-11,16,25-33H2,2-8H3,(H,60,69)(H,62,70)/t44-,46+,47+,54-/m1/s1. The molecule has 0 bridgehead atoms. The molecule has 2 aliphatic rings. The fourth-order valence-corrected chi connectivity index (χ4v) is 11.4. The molecule has 5 heterocycles. The fourth-order valence-electron chi connectivity index (χ4n) is 9.42. The topological polar surface area (TPSA) is 199 Å². The van der Waals surface area contributed by atoms with Crippen molar-refractivity contribution in [3.63, 3.8) is 0 Å². The number of aliphatic hydroxyl groups excluding tert-OH is 1. The van der Waals surface area contributed by atoms with Crippen molar-refractivity contribution >= 4 is 63.7 Å². The van der Waals surface area contributed by atoms with E-state index in [0.717, 1.165) is 60.5 Å². The van der Waals surface area contributed by atoms with Gasteiger partial charge < -0.3 is 34.9 Å². The molecule has 0 aliphatic carbocycles. The van der Waals surface area contributed by atoms with Crippen molar-refractivity contribution in [1.82, 2.24) is 30.0 Å². The summed E-state index contributed by atoms with van der Waals surface area (Å²) in [4.78, 5) is 67.6. The highest BCUT2D eigenvalue weighted by molar-refractivity contribution is 7.15. The van der Waals surface area contributed by atoms with Crippen molar-refractivity contribution < 1.29 is 38.5 Å². The van der Waals surface area contributed by atoms with Crippen LogP contribution in [0.4, 0.5) is 5.69 Å². The van der Waals surface area contributed by atoms with Crippen molar-refractivity contribution in [1.29, 1.82) is 0 Å². The number of thiazole rings is 1. The van der Waals surface area contributed by atoms with E-state index in [1.807, 2.05) is 111 Å². The van der Waals surface area contributed by atoms with Gasteiger partial charge in [0.25, 0.3) is 0 Å². The van der Waals surface area contributed by atoms with Crippen molar-refractivity contribution in [2.75, 3.05) is 44.9 Å². The number of rotatable bonds is 23. The van der Waals surface area contributed by atoms with Crippen molar-refractivity contribution in [2.24, 2.45) is 10.4 Å². The molecular weight excluding hydrogens is 1000 g/mol. The number of thiophene rings is 1. The Kier molecular flexibility index (Phi) is 18.2. The van der Waals surface area contributed by atoms with Gasteiger partial charge in [0.1, 0.15) is 35.3 Å². The van der Waals surface area contributed by atoms with E-state index in [1.54, 1.807) is 34.8 Å². The summed E-state index contributed by atoms with van der Waals surface area (Å²) in [6, 6.07) is 21.1. The Balaban J connectivity index is 0.726. The Bertz CT molecular complexity index is 3050. The third-order valence-corrected chi connectivity index (χ3v) is 15.8. The molecule has 400 valence electrons. The second-order valence-corrected chi connectivity index (χ2v) is 22.5. The van der Waals surface area contributed by atoms with E-state index in [2.05, 4.69) is 46.2 Å². The average Bonchev–Trinajstić information content (AvgIpc) is 4.19. The summed E-state index contributed by atoms with van der Waals surface area (Å²) in [5.41, 5.74) is 9.76. The number of amides is 3. The lowest BCUT2D eigenvalue weighted by atomic mass is 9.85. The summed E-state index contributed by atoms with van der Waals surface area (Å²) >= 11 is 3.26. The van der Waals surface area contributed by atoms with E-state index in [-0.39, 0.29) is 50.7 Å². The molecule has 0 spiro atoms. The lowest BCUT2D eigenvalue weighted by molar-refractivity contribution is -0.144. The number of Topliss-reactive ketones (excluding diaryl/α,β-unsaturated/α-hetero) is 1. The van der Waals surface area contributed by atoms with Gasteiger partial charge in [0.15, 0.2) is 11.6 Å². The van der Waals surface area contributed by atoms with Gasteiger partial charge in [-0.3, -0.25) is 28.7 Å². The van der Waals surface area contributed by atoms with Gasteiger partial charge in [-0.2, -0.15) is 0 Å². The first-order chi connectivity index (χ1) is 36.5. The van der Waals surface area contributed by atoms with Crippen molar-refractivity contribution in [3.05, 3.63) is 135 Å². The maximum atomic E-state index is 14.0. The molecule has 6 aromatic rings. The number of aryl methyl sites for hydroxylation is 4. The van der Waals surface area contributed by atoms with E-state index in [9.17, 15) is 24.3 Å². The van der Waals surface area contributed by atoms with Crippen molar-refractivity contribution in [3.8, 4) is 21.2 Å². The van der Waals surface area contributed by atoms with Gasteiger partial charge in [-0.25, -0.2) is 4.98 Å². The van der Waals surface area contributed by atoms with Crippen LogP contribution in [-0.2, 0) is 35.1 Å². The molecule has 0 unspecified atom stereocenters. The van der Waals surface area contributed by atoms with Gasteiger partial charge in [0.2, 0.25) is 17.7 Å². The van der Waals surface area contributed by atoms with Crippen LogP contribution < -0.4 is 15.4 Å². The zero-order valence-electron chi connectivity index (χ0n) is 44.4. The van der Waals surface area contributed by atoms with Gasteiger partial charge in [-0.15, -0.1) is 32.9 Å². The predicted octanol–water partition coefficient (Wildman–Crippen LogP) is 9.14. The first-order valence-corrected chi connectivity index (χ1v) is 27.5. The molecule has 3 aromatic carbocycles. The number of hydrogen-bond donors (Lipinski definition) is 3. The maximum absolute atomic E-state index is 14.0. The molecular formula is C58H68N8O8S2. The Morgan fingerprint density at radius 1 is 0.882 bits per heavy atom. The average molecular weight is 1070 g/mol. The van der Waals surface area contributed by atoms with E-state index in [4.69, 9.17) is 19.2 Å². The number of ketones is 1. The summed E-state index contributed by atoms with van der Waals surface area (Å²) < 4.78 is 19.4. The van der Waals surface area contributed by atoms with E-state index in [0.29, 0.717) is 56.3 Å². The zero-order chi connectivity index (χ0) is 54.1. The number of benzene rings is 3. The van der Waals surface area contributed by atoms with Crippen LogP contribution in [0.1, 0.15) is 109 Å². The van der Waals surface area contributed by atoms with Crippen LogP contribution in [0.5, 0.6) is 5.75 Å². The smallest absolute Gasteiger partial charge is 0.246 e. The minimum atomic E-state index is -0.935. The van der Waals surface area contributed by atoms with Crippen LogP contribution >= 0.6 is 22.7 Å². The Morgan fingerprint density at radius 2 is 1.58 bits per heavy atom. The number of anilines is 1. The van der Waals surface area contributed by atoms with Crippen LogP contribution in [0.3, 0.4) is 0 Å². The predicted molar refractivity (Wildman–Crippen MR) is 298 cm³/mol. The number of nitrogens with one attached hydrogen (secondary N) is 2. The van der Waals surface area contributed by atoms with Crippen LogP contribution in [0.2, 0.25) is 0 Å². The number of aliphatic hydroxyl groups is 1. The van der Waals surface area contributed by atoms with Gasteiger partial charge in [0.05, 0.1) is 47.0 Å². The largest absolute Gasteiger partial charge is 0.494 e. The molecule has 18 heteroatoms. The van der Waals surface area contributed by atoms with Crippen LogP contribution in [0, 0.1) is 33.1 Å². The third kappa shape index (κ3) is 13.5. The number of ether oxygens (including phenoxy) is 3. The summed E-state index contributed by atoms with van der Waals surface area (Å²) in [5.74, 6) is 0.827. The molecule has 3 amide bonds. The first kappa shape index (κ1) is 55.5. The minimum absolute atomic E-state index is 0.0231. The molecule has 76 heavy (non-hydrogen) atoms. The van der Waals surface area contributed by atoms with Gasteiger partial charge in [0, 0.05) is 67.3 Å². The summed E-state index contributed by atoms with van der Waals surface area (Å²) in [7, 11) is 0. The Hall–Kier alpha value is -6.70. The number of fused-ring (bicyclic) bond motifs is 3. The second-order valence-electron chi connectivity index (χ2n) is 20.4. The van der Waals surface area contributed by atoms with Gasteiger partial charge in [-0.1, -0.05) is 82.0 Å². The third-order valence-electron chi connectivity index (χ3n) is 13.7. The Morgan fingerprint density at radius 3 is 2.26 bits per heavy atom. The number of likely N-dealkylation sites (tertiary alicyclic amines) is 1. The lowest BCUT2D eigenvalue weighted by Gasteiger charge is -2.35. The lowest BCUT2D eigenvalue weighted by Crippen LogP contribution is -2.57. The molecule has 16 nitrogen and oxygen atoms in total. The number of hydrogen-bond acceptors (Lipinski definition) is 14. The number of nitrogens with zero attached hydrogens (tertiary/aromatic N) is 6. The molecule has 0 radical (unpaired) electrons. The van der Waals surface area contributed by atoms with Crippen LogP contribution in [0.25, 0.3) is 21.5 Å². The molecule has 4 atom stereocenters. The molecule has 0 saturated carbocycles. The minimum Gasteiger partial charge on any atom is -0.494 e. The summed E-state index contributed by atoms with van der Waals surface area (Å²) in [5, 5.41) is 26.4. The SMILES string of the molecule is C=Cc1ccc(C2=N[C@@H](CC(=O)Nc3ccc(OCCCOCCCOCC(=O)N[C@H](C(=O)N4C[C@H](O)C[C@H]4C(=O)CCc4ccc(-c5scnc5C)cc4)C(C)(C)C)cc3)c3nnc(C)n3-c3sc(C)c(C)c32)cc1. The number of aliphatic imine (C=N–C) groups is 1. The van der Waals surface area contributed by atoms with Crippen LogP contribution in [-0.4, -0.2) is 117 Å². The summed E-state index contributed by atoms with van der Waals surface area (Å²) in [6.45, 7) is 18.9.